The molecule has 2 heterocycles. The molecule has 0 saturated heterocycles. The van der Waals surface area contributed by atoms with Crippen molar-refractivity contribution in [1.29, 1.82) is 0 Å². The SMILES string of the molecule is COc1ccccc1Oc1c(NS(=O)(=O)c2ccc(C(C)(C)C)cc2)nc(-c2ncccn2)nc1OCCO.[KH]. The van der Waals surface area contributed by atoms with E-state index in [0.717, 1.165) is 5.56 Å². The molecule has 0 unspecified atom stereocenters. The van der Waals surface area contributed by atoms with Crippen molar-refractivity contribution in [1.82, 2.24) is 19.9 Å². The standard InChI is InChI=1S/C27H29N5O6S.K.H/c1-27(2,3)18-10-12-19(13-11-18)39(34,35)32-23-22(38-21-9-6-5-8-20(21)36-4)26(37-17-16-33)31-25(30-23)24-28-14-7-15-29-24;;/h5-15,33H,16-17H2,1-4H3,(H,30,31,32);;. The molecule has 0 atom stereocenters. The van der Waals surface area contributed by atoms with Crippen LogP contribution in [-0.2, 0) is 15.4 Å². The average molecular weight is 592 g/mol. The first-order valence-corrected chi connectivity index (χ1v) is 13.5. The van der Waals surface area contributed by atoms with Gasteiger partial charge in [-0.1, -0.05) is 45.0 Å². The predicted octanol–water partition coefficient (Wildman–Crippen LogP) is 3.56. The van der Waals surface area contributed by atoms with E-state index in [9.17, 15) is 13.5 Å². The van der Waals surface area contributed by atoms with Crippen LogP contribution >= 0.6 is 0 Å². The van der Waals surface area contributed by atoms with Gasteiger partial charge in [-0.3, -0.25) is 4.72 Å². The van der Waals surface area contributed by atoms with Crippen LogP contribution in [0.2, 0.25) is 0 Å². The molecule has 0 radical (unpaired) electrons. The molecule has 206 valence electrons. The summed E-state index contributed by atoms with van der Waals surface area (Å²) in [6.45, 7) is 5.65. The zero-order valence-corrected chi connectivity index (χ0v) is 22.8. The van der Waals surface area contributed by atoms with Gasteiger partial charge in [-0.05, 0) is 41.3 Å². The van der Waals surface area contributed by atoms with Crippen LogP contribution in [0.1, 0.15) is 26.3 Å². The number of sulfonamides is 1. The van der Waals surface area contributed by atoms with Crippen LogP contribution in [0.15, 0.2) is 71.9 Å². The summed E-state index contributed by atoms with van der Waals surface area (Å²) in [5.41, 5.74) is 0.827. The van der Waals surface area contributed by atoms with Gasteiger partial charge in [-0.2, -0.15) is 4.98 Å². The maximum absolute atomic E-state index is 13.5. The Kier molecular flexibility index (Phi) is 11.0. The molecule has 2 N–H and O–H groups in total. The summed E-state index contributed by atoms with van der Waals surface area (Å²) >= 11 is 0. The van der Waals surface area contributed by atoms with Crippen molar-refractivity contribution in [3.63, 3.8) is 0 Å². The van der Waals surface area contributed by atoms with Crippen LogP contribution in [0.3, 0.4) is 0 Å². The molecule has 4 rings (SSSR count). The first-order chi connectivity index (χ1) is 18.6. The van der Waals surface area contributed by atoms with Crippen LogP contribution in [0.25, 0.3) is 11.6 Å². The van der Waals surface area contributed by atoms with Crippen molar-refractivity contribution in [3.05, 3.63) is 72.6 Å². The van der Waals surface area contributed by atoms with E-state index in [2.05, 4.69) is 24.7 Å². The maximum atomic E-state index is 13.5. The van der Waals surface area contributed by atoms with Crippen LogP contribution in [0.4, 0.5) is 5.82 Å². The van der Waals surface area contributed by atoms with Gasteiger partial charge < -0.3 is 19.3 Å². The summed E-state index contributed by atoms with van der Waals surface area (Å²) < 4.78 is 46.6. The third-order valence-electron chi connectivity index (χ3n) is 5.47. The van der Waals surface area contributed by atoms with Crippen LogP contribution in [0, 0.1) is 0 Å². The van der Waals surface area contributed by atoms with Gasteiger partial charge >= 0.3 is 51.4 Å². The Labute approximate surface area is 275 Å². The Morgan fingerprint density at radius 2 is 1.55 bits per heavy atom. The number of aliphatic hydroxyl groups is 1. The van der Waals surface area contributed by atoms with Gasteiger partial charge in [0.1, 0.15) is 6.61 Å². The van der Waals surface area contributed by atoms with Crippen molar-refractivity contribution in [2.45, 2.75) is 31.1 Å². The second kappa shape index (κ2) is 13.8. The molecular weight excluding hydrogens is 561 g/mol. The molecule has 0 aliphatic rings. The van der Waals surface area contributed by atoms with Gasteiger partial charge in [0.15, 0.2) is 23.1 Å². The molecule has 0 aliphatic heterocycles. The number of anilines is 1. The molecule has 13 heteroatoms. The molecule has 11 nitrogen and oxygen atoms in total. The molecule has 0 aliphatic carbocycles. The van der Waals surface area contributed by atoms with Crippen molar-refractivity contribution in [3.8, 4) is 34.8 Å². The number of aromatic nitrogens is 4. The number of hydrogen-bond acceptors (Lipinski definition) is 10. The summed E-state index contributed by atoms with van der Waals surface area (Å²) in [5.74, 6) is 0.271. The van der Waals surface area contributed by atoms with Crippen molar-refractivity contribution in [2.75, 3.05) is 25.0 Å². The summed E-state index contributed by atoms with van der Waals surface area (Å²) in [4.78, 5) is 17.1. The molecule has 0 fully saturated rings. The zero-order valence-electron chi connectivity index (χ0n) is 22.0. The van der Waals surface area contributed by atoms with Gasteiger partial charge in [-0.15, -0.1) is 0 Å². The van der Waals surface area contributed by atoms with Crippen LogP contribution in [0.5, 0.6) is 23.1 Å². The number of nitrogens with zero attached hydrogens (tertiary/aromatic N) is 4. The Bertz CT molecular complexity index is 1530. The van der Waals surface area contributed by atoms with Crippen molar-refractivity contribution in [2.24, 2.45) is 0 Å². The quantitative estimate of drug-likeness (QED) is 0.263. The van der Waals surface area contributed by atoms with E-state index >= 15 is 0 Å². The normalized spacial score (nSPS) is 11.3. The van der Waals surface area contributed by atoms with E-state index in [1.165, 1.54) is 31.6 Å². The van der Waals surface area contributed by atoms with Crippen LogP contribution < -0.4 is 18.9 Å². The Balaban J connectivity index is 0.00000441. The second-order valence-corrected chi connectivity index (χ2v) is 11.0. The number of methoxy groups -OCH3 is 1. The Morgan fingerprint density at radius 1 is 0.900 bits per heavy atom. The van der Waals surface area contributed by atoms with Gasteiger partial charge in [-0.25, -0.2) is 23.4 Å². The molecule has 0 amide bonds. The zero-order chi connectivity index (χ0) is 28.0. The number of hydrogen-bond donors (Lipinski definition) is 2. The van der Waals surface area contributed by atoms with Gasteiger partial charge in [0, 0.05) is 12.4 Å². The third kappa shape index (κ3) is 7.75. The monoisotopic (exact) mass is 591 g/mol. The van der Waals surface area contributed by atoms with E-state index in [1.807, 2.05) is 20.8 Å². The molecule has 40 heavy (non-hydrogen) atoms. The van der Waals surface area contributed by atoms with E-state index in [4.69, 9.17) is 14.2 Å². The molecule has 2 aromatic carbocycles. The fourth-order valence-corrected chi connectivity index (χ4v) is 4.48. The third-order valence-corrected chi connectivity index (χ3v) is 6.83. The first-order valence-electron chi connectivity index (χ1n) is 12.0. The summed E-state index contributed by atoms with van der Waals surface area (Å²) in [5, 5.41) is 9.40. The van der Waals surface area contributed by atoms with E-state index in [-0.39, 0.29) is 110 Å². The average Bonchev–Trinajstić information content (AvgIpc) is 2.93. The van der Waals surface area contributed by atoms with Crippen LogP contribution in [-0.4, -0.2) is 105 Å². The topological polar surface area (TPSA) is 146 Å². The van der Waals surface area contributed by atoms with E-state index in [0.29, 0.717) is 5.75 Å². The summed E-state index contributed by atoms with van der Waals surface area (Å²) in [7, 11) is -2.66. The molecule has 0 spiro atoms. The van der Waals surface area contributed by atoms with Gasteiger partial charge in [0.25, 0.3) is 15.9 Å². The minimum absolute atomic E-state index is 0. The predicted molar refractivity (Wildman–Crippen MR) is 152 cm³/mol. The van der Waals surface area contributed by atoms with Gasteiger partial charge in [0.2, 0.25) is 11.6 Å². The Morgan fingerprint density at radius 3 is 2.15 bits per heavy atom. The number of aliphatic hydroxyl groups excluding tert-OH is 1. The molecular formula is C27H30KN5O6S. The van der Waals surface area contributed by atoms with Gasteiger partial charge in [0.05, 0.1) is 18.6 Å². The van der Waals surface area contributed by atoms with Crippen molar-refractivity contribution < 1.29 is 27.7 Å². The minimum atomic E-state index is -4.14. The number of nitrogens with one attached hydrogen (secondary N) is 1. The molecule has 0 saturated carbocycles. The fraction of sp³-hybridized carbons (Fsp3) is 0.259. The number of para-hydroxylation sites is 2. The summed E-state index contributed by atoms with van der Waals surface area (Å²) in [6, 6.07) is 15.0. The second-order valence-electron chi connectivity index (χ2n) is 9.31. The Hall–Kier alpha value is -2.65. The first kappa shape index (κ1) is 31.9. The number of ether oxygens (including phenoxy) is 3. The molecule has 2 aromatic heterocycles. The van der Waals surface area contributed by atoms with E-state index in [1.54, 1.807) is 42.5 Å². The summed E-state index contributed by atoms with van der Waals surface area (Å²) in [6.07, 6.45) is 3.00. The molecule has 4 aromatic rings. The van der Waals surface area contributed by atoms with E-state index < -0.39 is 10.0 Å². The fourth-order valence-electron chi connectivity index (χ4n) is 3.48. The number of rotatable bonds is 10. The van der Waals surface area contributed by atoms with Crippen molar-refractivity contribution >= 4 is 67.2 Å². The molecule has 0 bridgehead atoms. The number of benzene rings is 2.